The van der Waals surface area contributed by atoms with Crippen molar-refractivity contribution in [2.45, 2.75) is 33.1 Å². The van der Waals surface area contributed by atoms with Crippen molar-refractivity contribution in [3.63, 3.8) is 0 Å². The molecule has 1 aromatic heterocycles. The number of rotatable bonds is 7. The normalized spacial score (nSPS) is 11.3. The highest BCUT2D eigenvalue weighted by molar-refractivity contribution is 5.99. The molecule has 2 rings (SSSR count). The van der Waals surface area contributed by atoms with Gasteiger partial charge in [0.05, 0.1) is 6.61 Å². The molecule has 7 nitrogen and oxygen atoms in total. The smallest absolute Gasteiger partial charge is 0.254 e. The second-order valence-electron chi connectivity index (χ2n) is 7.42. The van der Waals surface area contributed by atoms with Crippen LogP contribution < -0.4 is 5.32 Å². The lowest BCUT2D eigenvalue weighted by Crippen LogP contribution is -2.40. The Balaban J connectivity index is 2.09. The molecule has 0 saturated heterocycles. The number of aromatic nitrogens is 1. The molecule has 1 heterocycles. The van der Waals surface area contributed by atoms with Gasteiger partial charge in [-0.15, -0.1) is 0 Å². The minimum atomic E-state index is -0.348. The number of nitrogens with zero attached hydrogens (tertiary/aromatic N) is 2. The third-order valence-corrected chi connectivity index (χ3v) is 4.08. The van der Waals surface area contributed by atoms with E-state index in [1.165, 1.54) is 4.90 Å². The number of benzene rings is 1. The van der Waals surface area contributed by atoms with Gasteiger partial charge in [0.25, 0.3) is 5.91 Å². The number of ether oxygens (including phenoxy) is 1. The Bertz CT molecular complexity index is 775. The zero-order chi connectivity index (χ0) is 20.0. The number of hydrogen-bond donors (Lipinski definition) is 1. The lowest BCUT2D eigenvalue weighted by molar-refractivity contribution is -0.117. The summed E-state index contributed by atoms with van der Waals surface area (Å²) < 4.78 is 10.00. The van der Waals surface area contributed by atoms with Crippen molar-refractivity contribution in [2.75, 3.05) is 32.1 Å². The maximum absolute atomic E-state index is 12.9. The van der Waals surface area contributed by atoms with Gasteiger partial charge >= 0.3 is 0 Å². The Morgan fingerprint density at radius 3 is 2.41 bits per heavy atom. The quantitative estimate of drug-likeness (QED) is 0.806. The molecule has 0 aliphatic heterocycles. The number of amides is 2. The van der Waals surface area contributed by atoms with Gasteiger partial charge in [0.1, 0.15) is 12.3 Å². The average molecular weight is 373 g/mol. The number of hydrogen-bond acceptors (Lipinski definition) is 5. The van der Waals surface area contributed by atoms with Crippen LogP contribution in [-0.2, 0) is 14.9 Å². The molecule has 0 aliphatic rings. The van der Waals surface area contributed by atoms with Crippen LogP contribution in [0.4, 0.5) is 5.82 Å². The van der Waals surface area contributed by atoms with E-state index < -0.39 is 0 Å². The van der Waals surface area contributed by atoms with Crippen molar-refractivity contribution in [3.05, 3.63) is 47.2 Å². The van der Waals surface area contributed by atoms with Gasteiger partial charge in [-0.1, -0.05) is 38.1 Å². The third-order valence-electron chi connectivity index (χ3n) is 4.08. The molecule has 0 fully saturated rings. The second kappa shape index (κ2) is 8.81. The van der Waals surface area contributed by atoms with E-state index in [0.29, 0.717) is 30.3 Å². The highest BCUT2D eigenvalue weighted by atomic mass is 16.5. The largest absolute Gasteiger partial charge is 0.383 e. The molecule has 0 bridgehead atoms. The molecule has 0 saturated carbocycles. The Kier molecular flexibility index (Phi) is 6.74. The molecule has 0 radical (unpaired) electrons. The fourth-order valence-corrected chi connectivity index (χ4v) is 2.53. The first-order valence-corrected chi connectivity index (χ1v) is 8.82. The van der Waals surface area contributed by atoms with E-state index in [0.717, 1.165) is 5.56 Å². The molecule has 1 N–H and O–H groups in total. The lowest BCUT2D eigenvalue weighted by Gasteiger charge is -2.23. The zero-order valence-corrected chi connectivity index (χ0v) is 16.5. The average Bonchev–Trinajstić information content (AvgIpc) is 3.02. The summed E-state index contributed by atoms with van der Waals surface area (Å²) in [4.78, 5) is 26.6. The Morgan fingerprint density at radius 1 is 1.22 bits per heavy atom. The van der Waals surface area contributed by atoms with E-state index in [-0.39, 0.29) is 23.8 Å². The van der Waals surface area contributed by atoms with Crippen molar-refractivity contribution < 1.29 is 18.8 Å². The summed E-state index contributed by atoms with van der Waals surface area (Å²) in [5.74, 6) is 0.348. The van der Waals surface area contributed by atoms with Crippen molar-refractivity contribution >= 4 is 17.6 Å². The molecule has 2 amide bonds. The van der Waals surface area contributed by atoms with Crippen molar-refractivity contribution in [2.24, 2.45) is 0 Å². The van der Waals surface area contributed by atoms with Crippen molar-refractivity contribution in [3.8, 4) is 0 Å². The van der Waals surface area contributed by atoms with Gasteiger partial charge in [-0.2, -0.15) is 0 Å². The first kappa shape index (κ1) is 20.6. The van der Waals surface area contributed by atoms with E-state index in [1.807, 2.05) is 12.1 Å². The Morgan fingerprint density at radius 2 is 1.89 bits per heavy atom. The van der Waals surface area contributed by atoms with Crippen LogP contribution in [0.15, 0.2) is 34.9 Å². The van der Waals surface area contributed by atoms with Crippen LogP contribution in [0, 0.1) is 6.92 Å². The van der Waals surface area contributed by atoms with Gasteiger partial charge in [0.2, 0.25) is 5.91 Å². The minimum absolute atomic E-state index is 0.00687. The summed E-state index contributed by atoms with van der Waals surface area (Å²) in [5.41, 5.74) is 1.68. The summed E-state index contributed by atoms with van der Waals surface area (Å²) >= 11 is 0. The van der Waals surface area contributed by atoms with Crippen molar-refractivity contribution in [1.29, 1.82) is 0 Å². The number of aryl methyl sites for hydroxylation is 1. The topological polar surface area (TPSA) is 84.7 Å². The second-order valence-corrected chi connectivity index (χ2v) is 7.42. The highest BCUT2D eigenvalue weighted by Gasteiger charge is 2.20. The summed E-state index contributed by atoms with van der Waals surface area (Å²) in [6.07, 6.45) is 0. The van der Waals surface area contributed by atoms with E-state index >= 15 is 0 Å². The monoisotopic (exact) mass is 373 g/mol. The molecule has 7 heteroatoms. The van der Waals surface area contributed by atoms with Gasteiger partial charge in [-0.05, 0) is 30.0 Å². The number of methoxy groups -OCH3 is 1. The number of anilines is 1. The summed E-state index contributed by atoms with van der Waals surface area (Å²) in [6, 6.07) is 9.09. The summed E-state index contributed by atoms with van der Waals surface area (Å²) in [6.45, 7) is 8.62. The van der Waals surface area contributed by atoms with Gasteiger partial charge in [0, 0.05) is 25.3 Å². The van der Waals surface area contributed by atoms with Crippen LogP contribution in [0.25, 0.3) is 0 Å². The minimum Gasteiger partial charge on any atom is -0.383 e. The molecular formula is C20H27N3O4. The SMILES string of the molecule is COCCN(CC(=O)Nc1cc(C)on1)C(=O)c1ccc(C(C)(C)C)cc1. The maximum atomic E-state index is 12.9. The third kappa shape index (κ3) is 5.92. The van der Waals surface area contributed by atoms with E-state index in [9.17, 15) is 9.59 Å². The van der Waals surface area contributed by atoms with E-state index in [4.69, 9.17) is 9.26 Å². The van der Waals surface area contributed by atoms with Crippen LogP contribution in [0.3, 0.4) is 0 Å². The van der Waals surface area contributed by atoms with Crippen LogP contribution >= 0.6 is 0 Å². The van der Waals surface area contributed by atoms with Gasteiger partial charge in [0.15, 0.2) is 5.82 Å². The van der Waals surface area contributed by atoms with Crippen LogP contribution in [-0.4, -0.2) is 48.7 Å². The lowest BCUT2D eigenvalue weighted by atomic mass is 9.86. The van der Waals surface area contributed by atoms with Crippen LogP contribution in [0.1, 0.15) is 42.5 Å². The molecule has 27 heavy (non-hydrogen) atoms. The first-order valence-electron chi connectivity index (χ1n) is 8.82. The molecule has 0 unspecified atom stereocenters. The fourth-order valence-electron chi connectivity index (χ4n) is 2.53. The number of carbonyl (C=O) groups is 2. The number of carbonyl (C=O) groups excluding carboxylic acids is 2. The molecule has 0 spiro atoms. The molecular weight excluding hydrogens is 346 g/mol. The highest BCUT2D eigenvalue weighted by Crippen LogP contribution is 2.22. The molecule has 1 aromatic carbocycles. The summed E-state index contributed by atoms with van der Waals surface area (Å²) in [7, 11) is 1.55. The van der Waals surface area contributed by atoms with E-state index in [2.05, 4.69) is 31.2 Å². The number of nitrogens with one attached hydrogen (secondary N) is 1. The fraction of sp³-hybridized carbons (Fsp3) is 0.450. The predicted molar refractivity (Wildman–Crippen MR) is 103 cm³/mol. The molecule has 0 aliphatic carbocycles. The first-order chi connectivity index (χ1) is 12.7. The predicted octanol–water partition coefficient (Wildman–Crippen LogP) is 3.01. The van der Waals surface area contributed by atoms with Gasteiger partial charge < -0.3 is 19.5 Å². The molecule has 2 aromatic rings. The standard InChI is InChI=1S/C20H27N3O4/c1-14-12-17(22-27-14)21-18(24)13-23(10-11-26-5)19(25)15-6-8-16(9-7-15)20(2,3)4/h6-9,12H,10-11,13H2,1-5H3,(H,21,22,24). The maximum Gasteiger partial charge on any atom is 0.254 e. The van der Waals surface area contributed by atoms with Crippen molar-refractivity contribution in [1.82, 2.24) is 10.1 Å². The molecule has 146 valence electrons. The summed E-state index contributed by atoms with van der Waals surface area (Å²) in [5, 5.41) is 6.35. The van der Waals surface area contributed by atoms with E-state index in [1.54, 1.807) is 32.2 Å². The Labute approximate surface area is 159 Å². The van der Waals surface area contributed by atoms with Gasteiger partial charge in [-0.3, -0.25) is 9.59 Å². The molecule has 0 atom stereocenters. The zero-order valence-electron chi connectivity index (χ0n) is 16.5. The van der Waals surface area contributed by atoms with Crippen LogP contribution in [0.5, 0.6) is 0 Å². The Hall–Kier alpha value is -2.67. The van der Waals surface area contributed by atoms with Crippen LogP contribution in [0.2, 0.25) is 0 Å². The van der Waals surface area contributed by atoms with Gasteiger partial charge in [-0.25, -0.2) is 0 Å².